The van der Waals surface area contributed by atoms with Gasteiger partial charge in [-0.05, 0) is 25.0 Å². The highest BCUT2D eigenvalue weighted by Crippen LogP contribution is 2.08. The molecule has 0 saturated carbocycles. The minimum Gasteiger partial charge on any atom is -0.383 e. The van der Waals surface area contributed by atoms with E-state index < -0.39 is 0 Å². The number of nitrogens with one attached hydrogen (secondary N) is 1. The second-order valence-electron chi connectivity index (χ2n) is 3.39. The summed E-state index contributed by atoms with van der Waals surface area (Å²) in [5.74, 6) is 1.36. The van der Waals surface area contributed by atoms with E-state index in [1.807, 2.05) is 13.0 Å². The van der Waals surface area contributed by atoms with Gasteiger partial charge in [-0.1, -0.05) is 0 Å². The van der Waals surface area contributed by atoms with Crippen LogP contribution < -0.4 is 5.32 Å². The largest absolute Gasteiger partial charge is 0.383 e. The van der Waals surface area contributed by atoms with Gasteiger partial charge in [-0.25, -0.2) is 0 Å². The van der Waals surface area contributed by atoms with Crippen LogP contribution in [0.15, 0.2) is 12.3 Å². The molecule has 0 fully saturated rings. The molecule has 0 spiro atoms. The molecule has 1 atom stereocenters. The molecule has 1 rings (SSSR count). The first-order valence-electron chi connectivity index (χ1n) is 4.87. The number of alkyl halides is 1. The van der Waals surface area contributed by atoms with Crippen molar-refractivity contribution < 1.29 is 4.74 Å². The number of hydrogen-bond donors (Lipinski definition) is 1. The molecular weight excluding hydrogens is 214 g/mol. The maximum Gasteiger partial charge on any atom is 0.149 e. The van der Waals surface area contributed by atoms with Crippen LogP contribution >= 0.6 is 11.6 Å². The average molecular weight is 230 g/mol. The monoisotopic (exact) mass is 229 g/mol. The second-order valence-corrected chi connectivity index (χ2v) is 3.77. The molecule has 1 aromatic heterocycles. The predicted molar refractivity (Wildman–Crippen MR) is 61.4 cm³/mol. The molecule has 15 heavy (non-hydrogen) atoms. The lowest BCUT2D eigenvalue weighted by Crippen LogP contribution is -2.26. The van der Waals surface area contributed by atoms with Gasteiger partial charge in [-0.2, -0.15) is 5.10 Å². The lowest BCUT2D eigenvalue weighted by atomic mass is 10.2. The highest BCUT2D eigenvalue weighted by Gasteiger charge is 2.08. The van der Waals surface area contributed by atoms with Crippen LogP contribution in [-0.4, -0.2) is 35.8 Å². The van der Waals surface area contributed by atoms with Gasteiger partial charge in [0.2, 0.25) is 0 Å². The number of aryl methyl sites for hydroxylation is 1. The number of aromatic nitrogens is 2. The highest BCUT2D eigenvalue weighted by molar-refractivity contribution is 6.17. The van der Waals surface area contributed by atoms with Gasteiger partial charge in [-0.15, -0.1) is 16.7 Å². The zero-order chi connectivity index (χ0) is 11.1. The van der Waals surface area contributed by atoms with Crippen molar-refractivity contribution in [3.05, 3.63) is 17.8 Å². The third-order valence-electron chi connectivity index (χ3n) is 1.97. The third-order valence-corrected chi connectivity index (χ3v) is 2.19. The van der Waals surface area contributed by atoms with Gasteiger partial charge in [0.15, 0.2) is 0 Å². The lowest BCUT2D eigenvalue weighted by Gasteiger charge is -2.16. The Kier molecular flexibility index (Phi) is 5.36. The van der Waals surface area contributed by atoms with Crippen molar-refractivity contribution in [2.24, 2.45) is 0 Å². The molecule has 5 heteroatoms. The highest BCUT2D eigenvalue weighted by atomic mass is 35.5. The Balaban J connectivity index is 2.56. The summed E-state index contributed by atoms with van der Waals surface area (Å²) in [5.41, 5.74) is 1.08. The summed E-state index contributed by atoms with van der Waals surface area (Å²) in [6, 6.07) is 2.13. The summed E-state index contributed by atoms with van der Waals surface area (Å²) >= 11 is 5.70. The van der Waals surface area contributed by atoms with Crippen LogP contribution in [0.4, 0.5) is 5.82 Å². The van der Waals surface area contributed by atoms with E-state index in [2.05, 4.69) is 15.5 Å². The van der Waals surface area contributed by atoms with Crippen LogP contribution in [-0.2, 0) is 4.74 Å². The standard InChI is InChI=1S/C10H16ClN3O/c1-8-5-10(14-12-6-8)13-9(3-4-11)7-15-2/h5-6,9H,3-4,7H2,1-2H3,(H,13,14). The number of halogens is 1. The molecule has 1 unspecified atom stereocenters. The fourth-order valence-electron chi connectivity index (χ4n) is 1.27. The maximum atomic E-state index is 5.70. The first-order valence-corrected chi connectivity index (χ1v) is 5.40. The second kappa shape index (κ2) is 6.58. The zero-order valence-corrected chi connectivity index (χ0v) is 9.79. The zero-order valence-electron chi connectivity index (χ0n) is 9.03. The van der Waals surface area contributed by atoms with Crippen molar-refractivity contribution in [2.45, 2.75) is 19.4 Å². The normalized spacial score (nSPS) is 12.5. The number of hydrogen-bond acceptors (Lipinski definition) is 4. The first-order chi connectivity index (χ1) is 7.26. The molecule has 0 aromatic carbocycles. The Morgan fingerprint density at radius 2 is 2.40 bits per heavy atom. The van der Waals surface area contributed by atoms with Gasteiger partial charge in [0.1, 0.15) is 5.82 Å². The average Bonchev–Trinajstić information content (AvgIpc) is 2.18. The van der Waals surface area contributed by atoms with E-state index in [0.29, 0.717) is 12.5 Å². The van der Waals surface area contributed by atoms with Crippen LogP contribution in [0.25, 0.3) is 0 Å². The molecule has 0 aliphatic heterocycles. The summed E-state index contributed by atoms with van der Waals surface area (Å²) < 4.78 is 5.09. The van der Waals surface area contributed by atoms with Gasteiger partial charge in [0.25, 0.3) is 0 Å². The van der Waals surface area contributed by atoms with Gasteiger partial charge >= 0.3 is 0 Å². The summed E-state index contributed by atoms with van der Waals surface area (Å²) in [6.45, 7) is 2.59. The van der Waals surface area contributed by atoms with E-state index in [9.17, 15) is 0 Å². The number of rotatable bonds is 6. The van der Waals surface area contributed by atoms with E-state index >= 15 is 0 Å². The van der Waals surface area contributed by atoms with E-state index in [4.69, 9.17) is 16.3 Å². The lowest BCUT2D eigenvalue weighted by molar-refractivity contribution is 0.184. The summed E-state index contributed by atoms with van der Waals surface area (Å²) in [7, 11) is 1.67. The molecule has 4 nitrogen and oxygen atoms in total. The van der Waals surface area contributed by atoms with Crippen LogP contribution in [0, 0.1) is 6.92 Å². The van der Waals surface area contributed by atoms with E-state index in [1.54, 1.807) is 13.3 Å². The molecule has 0 saturated heterocycles. The number of anilines is 1. The van der Waals surface area contributed by atoms with E-state index in [-0.39, 0.29) is 6.04 Å². The number of methoxy groups -OCH3 is 1. The fraction of sp³-hybridized carbons (Fsp3) is 0.600. The topological polar surface area (TPSA) is 47.0 Å². The van der Waals surface area contributed by atoms with Crippen LogP contribution in [0.2, 0.25) is 0 Å². The van der Waals surface area contributed by atoms with Crippen molar-refractivity contribution in [2.75, 3.05) is 24.9 Å². The molecule has 0 amide bonds. The summed E-state index contributed by atoms with van der Waals surface area (Å²) in [5, 5.41) is 11.1. The molecule has 84 valence electrons. The minimum absolute atomic E-state index is 0.184. The van der Waals surface area contributed by atoms with Crippen LogP contribution in [0.1, 0.15) is 12.0 Å². The molecule has 0 bridgehead atoms. The molecule has 0 radical (unpaired) electrons. The SMILES string of the molecule is COCC(CCCl)Nc1cc(C)cnn1. The van der Waals surface area contributed by atoms with E-state index in [1.165, 1.54) is 0 Å². The summed E-state index contributed by atoms with van der Waals surface area (Å²) in [4.78, 5) is 0. The van der Waals surface area contributed by atoms with Gasteiger partial charge in [0.05, 0.1) is 18.8 Å². The molecule has 0 aliphatic carbocycles. The Labute approximate surface area is 95.0 Å². The van der Waals surface area contributed by atoms with Gasteiger partial charge in [-0.3, -0.25) is 0 Å². The Hall–Kier alpha value is -0.870. The molecule has 0 aliphatic rings. The van der Waals surface area contributed by atoms with Crippen LogP contribution in [0.5, 0.6) is 0 Å². The quantitative estimate of drug-likeness (QED) is 0.757. The van der Waals surface area contributed by atoms with Crippen molar-refractivity contribution in [1.82, 2.24) is 10.2 Å². The third kappa shape index (κ3) is 4.44. The van der Waals surface area contributed by atoms with Crippen molar-refractivity contribution >= 4 is 17.4 Å². The van der Waals surface area contributed by atoms with Gasteiger partial charge in [0, 0.05) is 13.0 Å². The Morgan fingerprint density at radius 3 is 3.00 bits per heavy atom. The number of nitrogens with zero attached hydrogens (tertiary/aromatic N) is 2. The molecule has 1 N–H and O–H groups in total. The first kappa shape index (κ1) is 12.2. The molecule has 1 heterocycles. The summed E-state index contributed by atoms with van der Waals surface area (Å²) in [6.07, 6.45) is 2.56. The Morgan fingerprint density at radius 1 is 1.60 bits per heavy atom. The van der Waals surface area contributed by atoms with Gasteiger partial charge < -0.3 is 10.1 Å². The fourth-order valence-corrected chi connectivity index (χ4v) is 1.54. The van der Waals surface area contributed by atoms with Crippen molar-refractivity contribution in [1.29, 1.82) is 0 Å². The maximum absolute atomic E-state index is 5.70. The van der Waals surface area contributed by atoms with E-state index in [0.717, 1.165) is 17.8 Å². The predicted octanol–water partition coefficient (Wildman–Crippen LogP) is 1.84. The Bertz CT molecular complexity index is 290. The van der Waals surface area contributed by atoms with Crippen molar-refractivity contribution in [3.8, 4) is 0 Å². The smallest absolute Gasteiger partial charge is 0.149 e. The molecule has 1 aromatic rings. The number of ether oxygens (including phenoxy) is 1. The minimum atomic E-state index is 0.184. The molecular formula is C10H16ClN3O. The van der Waals surface area contributed by atoms with Crippen molar-refractivity contribution in [3.63, 3.8) is 0 Å². The van der Waals surface area contributed by atoms with Crippen LogP contribution in [0.3, 0.4) is 0 Å².